The van der Waals surface area contributed by atoms with Crippen LogP contribution < -0.4 is 0 Å². The van der Waals surface area contributed by atoms with Gasteiger partial charge in [0.1, 0.15) is 17.9 Å². The molecule has 2 heterocycles. The molecule has 1 N–H and O–H groups in total. The molecule has 0 unspecified atom stereocenters. The van der Waals surface area contributed by atoms with E-state index in [-0.39, 0.29) is 23.4 Å². The van der Waals surface area contributed by atoms with Crippen LogP contribution in [0.1, 0.15) is 82.8 Å². The molecule has 8 nitrogen and oxygen atoms in total. The average Bonchev–Trinajstić information content (AvgIpc) is 3.27. The highest BCUT2D eigenvalue weighted by Gasteiger charge is 2.29. The molecule has 0 aliphatic rings. The molecule has 0 spiro atoms. The number of esters is 1. The quantitative estimate of drug-likeness (QED) is 0.192. The van der Waals surface area contributed by atoms with E-state index in [9.17, 15) is 13.2 Å². The summed E-state index contributed by atoms with van der Waals surface area (Å²) in [5.41, 5.74) is 3.54. The first-order valence-corrected chi connectivity index (χ1v) is 15.1. The van der Waals surface area contributed by atoms with Gasteiger partial charge in [0.25, 0.3) is 0 Å². The standard InChI is InChI=1S/C29H42N4O4S/c1-6-7-8-9-10-11-28(34)37-20-24(18-21(2)3)33(5)38(35,36)25-14-12-23(13-15-25)19-27-29-26(16-17-30-27)31-22(4)32-29/h12-17,21,24H,6-11,18-20H2,1-5H3,(H,31,32)/t24-/m0/s1. The lowest BCUT2D eigenvalue weighted by molar-refractivity contribution is -0.145. The molecule has 1 atom stereocenters. The number of pyridine rings is 1. The van der Waals surface area contributed by atoms with Gasteiger partial charge >= 0.3 is 5.97 Å². The van der Waals surface area contributed by atoms with Crippen molar-refractivity contribution in [3.8, 4) is 0 Å². The van der Waals surface area contributed by atoms with Crippen molar-refractivity contribution < 1.29 is 17.9 Å². The summed E-state index contributed by atoms with van der Waals surface area (Å²) in [5.74, 6) is 0.808. The van der Waals surface area contributed by atoms with Gasteiger partial charge in [-0.2, -0.15) is 4.31 Å². The first kappa shape index (κ1) is 29.8. The van der Waals surface area contributed by atoms with Gasteiger partial charge in [-0.05, 0) is 49.4 Å². The molecule has 0 aliphatic heterocycles. The predicted molar refractivity (Wildman–Crippen MR) is 150 cm³/mol. The summed E-state index contributed by atoms with van der Waals surface area (Å²) in [6.45, 7) is 8.18. The van der Waals surface area contributed by atoms with E-state index in [0.717, 1.165) is 53.8 Å². The van der Waals surface area contributed by atoms with Crippen molar-refractivity contribution in [3.63, 3.8) is 0 Å². The summed E-state index contributed by atoms with van der Waals surface area (Å²) in [6, 6.07) is 8.35. The molecule has 0 aliphatic carbocycles. The molecule has 0 saturated heterocycles. The third-order valence-corrected chi connectivity index (χ3v) is 8.67. The molecule has 38 heavy (non-hydrogen) atoms. The van der Waals surface area contributed by atoms with Gasteiger partial charge in [0, 0.05) is 26.1 Å². The Hall–Kier alpha value is -2.78. The van der Waals surface area contributed by atoms with Crippen LogP contribution in [-0.2, 0) is 26.0 Å². The van der Waals surface area contributed by atoms with Crippen LogP contribution >= 0.6 is 0 Å². The number of aromatic nitrogens is 3. The fourth-order valence-corrected chi connectivity index (χ4v) is 5.93. The molecule has 0 radical (unpaired) electrons. The Morgan fingerprint density at radius 1 is 1.08 bits per heavy atom. The molecule has 1 aromatic carbocycles. The molecular weight excluding hydrogens is 500 g/mol. The van der Waals surface area contributed by atoms with Gasteiger partial charge in [-0.3, -0.25) is 9.78 Å². The lowest BCUT2D eigenvalue weighted by Gasteiger charge is -2.28. The van der Waals surface area contributed by atoms with Crippen LogP contribution in [0.15, 0.2) is 41.4 Å². The fourth-order valence-electron chi connectivity index (χ4n) is 4.58. The largest absolute Gasteiger partial charge is 0.464 e. The number of nitrogens with zero attached hydrogens (tertiary/aromatic N) is 3. The predicted octanol–water partition coefficient (Wildman–Crippen LogP) is 5.80. The number of imidazole rings is 1. The number of aromatic amines is 1. The van der Waals surface area contributed by atoms with Gasteiger partial charge in [-0.1, -0.05) is 58.6 Å². The van der Waals surface area contributed by atoms with Gasteiger partial charge in [0.05, 0.1) is 22.1 Å². The van der Waals surface area contributed by atoms with Gasteiger partial charge in [-0.25, -0.2) is 13.4 Å². The minimum Gasteiger partial charge on any atom is -0.464 e. The number of unbranched alkanes of at least 4 members (excludes halogenated alkanes) is 4. The SMILES string of the molecule is CCCCCCCC(=O)OC[C@H](CC(C)C)N(C)S(=O)(=O)c1ccc(Cc2nccc3[nH]c(C)nc23)cc1. The monoisotopic (exact) mass is 542 g/mol. The normalized spacial score (nSPS) is 12.9. The maximum atomic E-state index is 13.5. The second kappa shape index (κ2) is 13.8. The van der Waals surface area contributed by atoms with E-state index in [1.165, 1.54) is 10.7 Å². The Labute approximate surface area is 227 Å². The number of carbonyl (C=O) groups excluding carboxylic acids is 1. The van der Waals surface area contributed by atoms with Crippen molar-refractivity contribution in [2.75, 3.05) is 13.7 Å². The first-order chi connectivity index (χ1) is 18.1. The number of rotatable bonds is 15. The molecule has 208 valence electrons. The third kappa shape index (κ3) is 8.11. The number of benzene rings is 1. The zero-order valence-electron chi connectivity index (χ0n) is 23.4. The number of hydrogen-bond acceptors (Lipinski definition) is 6. The van der Waals surface area contributed by atoms with Crippen LogP contribution in [0.4, 0.5) is 0 Å². The Bertz CT molecular complexity index is 1290. The number of ether oxygens (including phenoxy) is 1. The van der Waals surface area contributed by atoms with Gasteiger partial charge in [-0.15, -0.1) is 0 Å². The Morgan fingerprint density at radius 2 is 1.79 bits per heavy atom. The number of nitrogens with one attached hydrogen (secondary N) is 1. The highest BCUT2D eigenvalue weighted by molar-refractivity contribution is 7.89. The van der Waals surface area contributed by atoms with Crippen molar-refractivity contribution >= 4 is 27.0 Å². The smallest absolute Gasteiger partial charge is 0.305 e. The fraction of sp³-hybridized carbons (Fsp3) is 0.552. The van der Waals surface area contributed by atoms with Crippen molar-refractivity contribution in [2.24, 2.45) is 5.92 Å². The molecular formula is C29H42N4O4S. The van der Waals surface area contributed by atoms with E-state index in [1.54, 1.807) is 25.4 Å². The van der Waals surface area contributed by atoms with E-state index in [0.29, 0.717) is 19.3 Å². The number of hydrogen-bond donors (Lipinski definition) is 1. The van der Waals surface area contributed by atoms with E-state index in [1.807, 2.05) is 39.0 Å². The minimum absolute atomic E-state index is 0.0541. The second-order valence-corrected chi connectivity index (χ2v) is 12.4. The zero-order chi connectivity index (χ0) is 27.7. The summed E-state index contributed by atoms with van der Waals surface area (Å²) in [5, 5.41) is 0. The average molecular weight is 543 g/mol. The number of likely N-dealkylation sites (N-methyl/N-ethyl adjacent to an activating group) is 1. The number of fused-ring (bicyclic) bond motifs is 1. The number of H-pyrrole nitrogens is 1. The summed E-state index contributed by atoms with van der Waals surface area (Å²) < 4.78 is 33.8. The topological polar surface area (TPSA) is 105 Å². The maximum absolute atomic E-state index is 13.5. The first-order valence-electron chi connectivity index (χ1n) is 13.6. The summed E-state index contributed by atoms with van der Waals surface area (Å²) in [7, 11) is -2.20. The molecule has 0 amide bonds. The summed E-state index contributed by atoms with van der Waals surface area (Å²) in [4.78, 5) is 24.7. The molecule has 3 rings (SSSR count). The van der Waals surface area contributed by atoms with Gasteiger partial charge < -0.3 is 9.72 Å². The van der Waals surface area contributed by atoms with E-state index in [4.69, 9.17) is 4.74 Å². The maximum Gasteiger partial charge on any atom is 0.305 e. The third-order valence-electron chi connectivity index (χ3n) is 6.75. The van der Waals surface area contributed by atoms with Crippen molar-refractivity contribution in [1.29, 1.82) is 0 Å². The highest BCUT2D eigenvalue weighted by Crippen LogP contribution is 2.23. The minimum atomic E-state index is -3.77. The number of aryl methyl sites for hydroxylation is 1. The molecule has 0 bridgehead atoms. The Morgan fingerprint density at radius 3 is 2.47 bits per heavy atom. The highest BCUT2D eigenvalue weighted by atomic mass is 32.2. The van der Waals surface area contributed by atoms with Crippen molar-refractivity contribution in [2.45, 2.75) is 90.0 Å². The van der Waals surface area contributed by atoms with E-state index in [2.05, 4.69) is 21.9 Å². The van der Waals surface area contributed by atoms with Crippen LogP contribution in [0.25, 0.3) is 11.0 Å². The zero-order valence-corrected chi connectivity index (χ0v) is 24.2. The van der Waals surface area contributed by atoms with Gasteiger partial charge in [0.15, 0.2) is 0 Å². The van der Waals surface area contributed by atoms with Crippen LogP contribution in [0.5, 0.6) is 0 Å². The second-order valence-electron chi connectivity index (χ2n) is 10.4. The van der Waals surface area contributed by atoms with Crippen molar-refractivity contribution in [1.82, 2.24) is 19.3 Å². The Kier molecular flexibility index (Phi) is 10.8. The summed E-state index contributed by atoms with van der Waals surface area (Å²) in [6.07, 6.45) is 8.52. The lowest BCUT2D eigenvalue weighted by Crippen LogP contribution is -2.41. The molecule has 2 aromatic heterocycles. The van der Waals surface area contributed by atoms with Crippen LogP contribution in [0.3, 0.4) is 0 Å². The molecule has 9 heteroatoms. The van der Waals surface area contributed by atoms with Crippen molar-refractivity contribution in [3.05, 3.63) is 53.6 Å². The van der Waals surface area contributed by atoms with E-state index < -0.39 is 16.1 Å². The molecule has 3 aromatic rings. The summed E-state index contributed by atoms with van der Waals surface area (Å²) >= 11 is 0. The molecule has 0 fully saturated rings. The van der Waals surface area contributed by atoms with Crippen LogP contribution in [0.2, 0.25) is 0 Å². The van der Waals surface area contributed by atoms with Gasteiger partial charge in [0.2, 0.25) is 10.0 Å². The van der Waals surface area contributed by atoms with E-state index >= 15 is 0 Å². The molecule has 0 saturated carbocycles. The Balaban J connectivity index is 1.66. The number of carbonyl (C=O) groups is 1. The van der Waals surface area contributed by atoms with Crippen LogP contribution in [0, 0.1) is 12.8 Å². The lowest BCUT2D eigenvalue weighted by atomic mass is 10.0. The van der Waals surface area contributed by atoms with Crippen LogP contribution in [-0.4, -0.2) is 53.3 Å². The number of sulfonamides is 1.